The normalized spacial score (nSPS) is 12.6. The van der Waals surface area contributed by atoms with Crippen molar-refractivity contribution in [2.24, 2.45) is 0 Å². The minimum atomic E-state index is 0.670. The molecule has 0 aliphatic heterocycles. The Labute approximate surface area is 129 Å². The van der Waals surface area contributed by atoms with E-state index in [-0.39, 0.29) is 0 Å². The van der Waals surface area contributed by atoms with Crippen LogP contribution in [0.15, 0.2) is 18.2 Å². The molecule has 20 heavy (non-hydrogen) atoms. The smallest absolute Gasteiger partial charge is 0.0185 e. The first-order chi connectivity index (χ1) is 9.61. The maximum Gasteiger partial charge on any atom is 0.0185 e. The van der Waals surface area contributed by atoms with Gasteiger partial charge in [-0.05, 0) is 32.8 Å². The Morgan fingerprint density at radius 1 is 1.10 bits per heavy atom. The molecule has 0 fully saturated rings. The van der Waals surface area contributed by atoms with E-state index in [9.17, 15) is 0 Å². The Balaban J connectivity index is 2.09. The van der Waals surface area contributed by atoms with Gasteiger partial charge in [-0.3, -0.25) is 0 Å². The predicted molar refractivity (Wildman–Crippen MR) is 93.7 cm³/mol. The van der Waals surface area contributed by atoms with Gasteiger partial charge in [0.2, 0.25) is 0 Å². The van der Waals surface area contributed by atoms with Gasteiger partial charge in [0.25, 0.3) is 0 Å². The molecule has 1 aromatic rings. The van der Waals surface area contributed by atoms with E-state index in [1.165, 1.54) is 48.1 Å². The van der Waals surface area contributed by atoms with Crippen molar-refractivity contribution in [3.8, 4) is 0 Å². The van der Waals surface area contributed by atoms with Gasteiger partial charge in [-0.1, -0.05) is 55.5 Å². The van der Waals surface area contributed by atoms with Crippen molar-refractivity contribution in [3.63, 3.8) is 0 Å². The lowest BCUT2D eigenvalue weighted by Gasteiger charge is -2.13. The molecule has 0 amide bonds. The summed E-state index contributed by atoms with van der Waals surface area (Å²) in [5.41, 5.74) is 4.22. The van der Waals surface area contributed by atoms with Gasteiger partial charge in [-0.25, -0.2) is 0 Å². The lowest BCUT2D eigenvalue weighted by Crippen LogP contribution is -2.28. The van der Waals surface area contributed by atoms with Crippen LogP contribution in [0.5, 0.6) is 0 Å². The summed E-state index contributed by atoms with van der Waals surface area (Å²) in [6, 6.07) is 7.53. The Morgan fingerprint density at radius 3 is 2.45 bits per heavy atom. The first-order valence-electron chi connectivity index (χ1n) is 8.00. The largest absolute Gasteiger partial charge is 0.313 e. The van der Waals surface area contributed by atoms with Crippen LogP contribution in [0.2, 0.25) is 0 Å². The molecule has 0 aliphatic rings. The minimum absolute atomic E-state index is 0.670. The van der Waals surface area contributed by atoms with Crippen molar-refractivity contribution in [2.45, 2.75) is 65.2 Å². The quantitative estimate of drug-likeness (QED) is 0.603. The molecule has 1 aromatic carbocycles. The second-order valence-electron chi connectivity index (χ2n) is 5.90. The van der Waals surface area contributed by atoms with Gasteiger partial charge in [0.1, 0.15) is 0 Å². The van der Waals surface area contributed by atoms with Crippen molar-refractivity contribution < 1.29 is 0 Å². The number of aryl methyl sites for hydroxylation is 2. The monoisotopic (exact) mass is 293 g/mol. The molecule has 1 N–H and O–H groups in total. The van der Waals surface area contributed by atoms with E-state index in [1.54, 1.807) is 0 Å². The average Bonchev–Trinajstić information content (AvgIpc) is 2.37. The number of unbranched alkanes of at least 4 members (excludes halogenated alkanes) is 2. The number of nitrogens with one attached hydrogen (secondary N) is 1. The summed E-state index contributed by atoms with van der Waals surface area (Å²) < 4.78 is 0. The third-order valence-electron chi connectivity index (χ3n) is 3.53. The molecule has 1 atom stereocenters. The van der Waals surface area contributed by atoms with E-state index in [0.717, 1.165) is 12.3 Å². The SMILES string of the molecule is CCCCCC(C)NCCSCc1cc(C)cc(C)c1. The first kappa shape index (κ1) is 17.6. The fraction of sp³-hybridized carbons (Fsp3) is 0.667. The summed E-state index contributed by atoms with van der Waals surface area (Å²) in [5, 5.41) is 3.63. The molecule has 0 saturated heterocycles. The van der Waals surface area contributed by atoms with E-state index < -0.39 is 0 Å². The van der Waals surface area contributed by atoms with E-state index >= 15 is 0 Å². The van der Waals surface area contributed by atoms with Crippen LogP contribution in [-0.2, 0) is 5.75 Å². The Bertz CT molecular complexity index is 355. The van der Waals surface area contributed by atoms with Crippen molar-refractivity contribution >= 4 is 11.8 Å². The van der Waals surface area contributed by atoms with Crippen molar-refractivity contribution in [2.75, 3.05) is 12.3 Å². The van der Waals surface area contributed by atoms with Gasteiger partial charge in [-0.15, -0.1) is 0 Å². The minimum Gasteiger partial charge on any atom is -0.313 e. The maximum absolute atomic E-state index is 3.63. The lowest BCUT2D eigenvalue weighted by molar-refractivity contribution is 0.502. The van der Waals surface area contributed by atoms with Gasteiger partial charge >= 0.3 is 0 Å². The summed E-state index contributed by atoms with van der Waals surface area (Å²) in [5.74, 6) is 2.33. The maximum atomic E-state index is 3.63. The number of rotatable bonds is 10. The van der Waals surface area contributed by atoms with Gasteiger partial charge in [0, 0.05) is 24.1 Å². The molecule has 0 aromatic heterocycles. The second kappa shape index (κ2) is 10.3. The van der Waals surface area contributed by atoms with Crippen LogP contribution >= 0.6 is 11.8 Å². The standard InChI is InChI=1S/C18H31NS/c1-5-6-7-8-17(4)19-9-10-20-14-18-12-15(2)11-16(3)13-18/h11-13,17,19H,5-10,14H2,1-4H3. The Morgan fingerprint density at radius 2 is 1.80 bits per heavy atom. The average molecular weight is 294 g/mol. The van der Waals surface area contributed by atoms with E-state index in [2.05, 4.69) is 51.2 Å². The molecular formula is C18H31NS. The summed E-state index contributed by atoms with van der Waals surface area (Å²) in [7, 11) is 0. The molecule has 0 heterocycles. The van der Waals surface area contributed by atoms with Crippen LogP contribution in [-0.4, -0.2) is 18.3 Å². The van der Waals surface area contributed by atoms with Crippen molar-refractivity contribution in [1.82, 2.24) is 5.32 Å². The van der Waals surface area contributed by atoms with E-state index in [0.29, 0.717) is 6.04 Å². The Hall–Kier alpha value is -0.470. The molecule has 0 saturated carbocycles. The van der Waals surface area contributed by atoms with Gasteiger partial charge in [-0.2, -0.15) is 11.8 Å². The highest BCUT2D eigenvalue weighted by Crippen LogP contribution is 2.15. The molecule has 0 spiro atoms. The molecule has 0 radical (unpaired) electrons. The van der Waals surface area contributed by atoms with Crippen LogP contribution in [0, 0.1) is 13.8 Å². The Kier molecular flexibility index (Phi) is 9.04. The highest BCUT2D eigenvalue weighted by Gasteiger charge is 2.01. The number of hydrogen-bond acceptors (Lipinski definition) is 2. The van der Waals surface area contributed by atoms with Crippen molar-refractivity contribution in [1.29, 1.82) is 0 Å². The molecule has 1 nitrogen and oxygen atoms in total. The van der Waals surface area contributed by atoms with Crippen LogP contribution in [0.4, 0.5) is 0 Å². The zero-order valence-corrected chi connectivity index (χ0v) is 14.5. The fourth-order valence-electron chi connectivity index (χ4n) is 2.52. The molecular weight excluding hydrogens is 262 g/mol. The molecule has 2 heteroatoms. The van der Waals surface area contributed by atoms with Crippen LogP contribution < -0.4 is 5.32 Å². The zero-order chi connectivity index (χ0) is 14.8. The van der Waals surface area contributed by atoms with E-state index in [1.807, 2.05) is 11.8 Å². The predicted octanol–water partition coefficient (Wildman–Crippen LogP) is 5.10. The highest BCUT2D eigenvalue weighted by molar-refractivity contribution is 7.98. The summed E-state index contributed by atoms with van der Waals surface area (Å²) in [4.78, 5) is 0. The van der Waals surface area contributed by atoms with Crippen molar-refractivity contribution in [3.05, 3.63) is 34.9 Å². The van der Waals surface area contributed by atoms with E-state index in [4.69, 9.17) is 0 Å². The highest BCUT2D eigenvalue weighted by atomic mass is 32.2. The second-order valence-corrected chi connectivity index (χ2v) is 7.00. The topological polar surface area (TPSA) is 12.0 Å². The third kappa shape index (κ3) is 7.96. The molecule has 1 unspecified atom stereocenters. The molecule has 0 bridgehead atoms. The van der Waals surface area contributed by atoms with Crippen LogP contribution in [0.3, 0.4) is 0 Å². The number of benzene rings is 1. The summed E-state index contributed by atoms with van der Waals surface area (Å²) in [6.45, 7) is 10.1. The fourth-order valence-corrected chi connectivity index (χ4v) is 3.33. The number of hydrogen-bond donors (Lipinski definition) is 1. The number of thioether (sulfide) groups is 1. The van der Waals surface area contributed by atoms with Gasteiger partial charge in [0.15, 0.2) is 0 Å². The first-order valence-corrected chi connectivity index (χ1v) is 9.15. The lowest BCUT2D eigenvalue weighted by atomic mass is 10.1. The van der Waals surface area contributed by atoms with Crippen LogP contribution in [0.25, 0.3) is 0 Å². The molecule has 1 rings (SSSR count). The van der Waals surface area contributed by atoms with Crippen LogP contribution in [0.1, 0.15) is 56.2 Å². The summed E-state index contributed by atoms with van der Waals surface area (Å²) >= 11 is 2.03. The van der Waals surface area contributed by atoms with Gasteiger partial charge in [0.05, 0.1) is 0 Å². The zero-order valence-electron chi connectivity index (χ0n) is 13.7. The van der Waals surface area contributed by atoms with Gasteiger partial charge < -0.3 is 5.32 Å². The third-order valence-corrected chi connectivity index (χ3v) is 4.56. The molecule has 114 valence electrons. The molecule has 0 aliphatic carbocycles. The summed E-state index contributed by atoms with van der Waals surface area (Å²) in [6.07, 6.45) is 5.36.